The van der Waals surface area contributed by atoms with Crippen LogP contribution in [0.15, 0.2) is 91.1 Å². The van der Waals surface area contributed by atoms with E-state index >= 15 is 0 Å². The van der Waals surface area contributed by atoms with Crippen LogP contribution in [0.3, 0.4) is 0 Å². The predicted molar refractivity (Wildman–Crippen MR) is 107 cm³/mol. The van der Waals surface area contributed by atoms with E-state index in [-0.39, 0.29) is 11.8 Å². The van der Waals surface area contributed by atoms with E-state index in [2.05, 4.69) is 10.1 Å². The summed E-state index contributed by atoms with van der Waals surface area (Å²) in [6.45, 7) is 0. The van der Waals surface area contributed by atoms with Crippen LogP contribution < -0.4 is 5.32 Å². The average Bonchev–Trinajstić information content (AvgIpc) is 2.74. The third-order valence-electron chi connectivity index (χ3n) is 4.07. The number of carbonyl (C=O) groups excluding carboxylic acids is 2. The highest BCUT2D eigenvalue weighted by Gasteiger charge is 2.04. The lowest BCUT2D eigenvalue weighted by Crippen LogP contribution is -2.01. The summed E-state index contributed by atoms with van der Waals surface area (Å²) in [6, 6.07) is 24.3. The second-order valence-corrected chi connectivity index (χ2v) is 5.85. The number of hydrogen-bond acceptors (Lipinski definition) is 4. The Morgan fingerprint density at radius 3 is 2.00 bits per heavy atom. The molecule has 0 fully saturated rings. The Morgan fingerprint density at radius 2 is 1.37 bits per heavy atom. The van der Waals surface area contributed by atoms with Crippen molar-refractivity contribution in [2.45, 2.75) is 0 Å². The fourth-order valence-electron chi connectivity index (χ4n) is 2.59. The maximum atomic E-state index is 12.3. The first kappa shape index (κ1) is 18.1. The Bertz CT molecular complexity index is 943. The summed E-state index contributed by atoms with van der Waals surface area (Å²) in [5.41, 5.74) is 4.05. The van der Waals surface area contributed by atoms with E-state index in [0.717, 1.165) is 16.8 Å². The molecule has 3 rings (SSSR count). The smallest absolute Gasteiger partial charge is 0.337 e. The number of ketones is 1. The Kier molecular flexibility index (Phi) is 5.80. The summed E-state index contributed by atoms with van der Waals surface area (Å²) in [5, 5.41) is 3.01. The van der Waals surface area contributed by atoms with Gasteiger partial charge in [-0.15, -0.1) is 0 Å². The van der Waals surface area contributed by atoms with Gasteiger partial charge in [0.2, 0.25) is 0 Å². The van der Waals surface area contributed by atoms with E-state index in [1.807, 2.05) is 54.6 Å². The van der Waals surface area contributed by atoms with Crippen LogP contribution in [0.1, 0.15) is 20.7 Å². The Morgan fingerprint density at radius 1 is 0.778 bits per heavy atom. The maximum Gasteiger partial charge on any atom is 0.337 e. The zero-order valence-corrected chi connectivity index (χ0v) is 14.9. The molecule has 0 aliphatic heterocycles. The van der Waals surface area contributed by atoms with E-state index in [9.17, 15) is 9.59 Å². The summed E-state index contributed by atoms with van der Waals surface area (Å²) in [7, 11) is 1.34. The predicted octanol–water partition coefficient (Wildman–Crippen LogP) is 4.95. The first-order chi connectivity index (χ1) is 13.2. The zero-order chi connectivity index (χ0) is 19.1. The highest BCUT2D eigenvalue weighted by molar-refractivity contribution is 6.04. The summed E-state index contributed by atoms with van der Waals surface area (Å²) in [5.74, 6) is -0.473. The van der Waals surface area contributed by atoms with Crippen LogP contribution in [0.25, 0.3) is 11.1 Å². The van der Waals surface area contributed by atoms with Gasteiger partial charge in [-0.25, -0.2) is 4.79 Å². The molecule has 0 saturated carbocycles. The minimum atomic E-state index is -0.383. The molecule has 0 heterocycles. The third kappa shape index (κ3) is 4.70. The van der Waals surface area contributed by atoms with Crippen molar-refractivity contribution in [3.8, 4) is 11.1 Å². The van der Waals surface area contributed by atoms with Crippen LogP contribution >= 0.6 is 0 Å². The molecule has 0 aromatic heterocycles. The van der Waals surface area contributed by atoms with E-state index in [0.29, 0.717) is 11.1 Å². The number of hydrogen-bond donors (Lipinski definition) is 1. The topological polar surface area (TPSA) is 55.4 Å². The van der Waals surface area contributed by atoms with Gasteiger partial charge in [0.15, 0.2) is 5.78 Å². The van der Waals surface area contributed by atoms with Gasteiger partial charge in [0.1, 0.15) is 0 Å². The average molecular weight is 357 g/mol. The molecule has 0 unspecified atom stereocenters. The molecule has 134 valence electrons. The number of allylic oxidation sites excluding steroid dienone is 1. The van der Waals surface area contributed by atoms with Crippen LogP contribution in [0.2, 0.25) is 0 Å². The van der Waals surface area contributed by atoms with E-state index in [1.54, 1.807) is 30.5 Å². The molecule has 0 radical (unpaired) electrons. The van der Waals surface area contributed by atoms with Gasteiger partial charge in [-0.1, -0.05) is 54.6 Å². The first-order valence-electron chi connectivity index (χ1n) is 8.48. The van der Waals surface area contributed by atoms with Crippen molar-refractivity contribution in [3.63, 3.8) is 0 Å². The number of ether oxygens (including phenoxy) is 1. The summed E-state index contributed by atoms with van der Waals surface area (Å²) in [4.78, 5) is 23.7. The Hall–Kier alpha value is -3.66. The largest absolute Gasteiger partial charge is 0.465 e. The van der Waals surface area contributed by atoms with E-state index in [4.69, 9.17) is 0 Å². The molecule has 4 heteroatoms. The monoisotopic (exact) mass is 357 g/mol. The van der Waals surface area contributed by atoms with Gasteiger partial charge in [0, 0.05) is 23.5 Å². The van der Waals surface area contributed by atoms with E-state index < -0.39 is 0 Å². The zero-order valence-electron chi connectivity index (χ0n) is 14.9. The molecule has 3 aromatic rings. The van der Waals surface area contributed by atoms with Crippen LogP contribution in [0, 0.1) is 0 Å². The second-order valence-electron chi connectivity index (χ2n) is 5.85. The molecule has 0 saturated heterocycles. The van der Waals surface area contributed by atoms with Gasteiger partial charge >= 0.3 is 5.97 Å². The minimum absolute atomic E-state index is 0.0895. The molecular weight excluding hydrogens is 338 g/mol. The molecule has 27 heavy (non-hydrogen) atoms. The summed E-state index contributed by atoms with van der Waals surface area (Å²) >= 11 is 0. The molecule has 1 N–H and O–H groups in total. The SMILES string of the molecule is COC(=O)c1ccc(N/C=C/C(=O)c2ccc(-c3ccccc3)cc2)cc1. The second kappa shape index (κ2) is 8.63. The van der Waals surface area contributed by atoms with Gasteiger partial charge in [0.05, 0.1) is 12.7 Å². The number of nitrogens with one attached hydrogen (secondary N) is 1. The van der Waals surface area contributed by atoms with Crippen LogP contribution in [0.5, 0.6) is 0 Å². The normalized spacial score (nSPS) is 10.6. The fraction of sp³-hybridized carbons (Fsp3) is 0.0435. The van der Waals surface area contributed by atoms with Gasteiger partial charge in [-0.2, -0.15) is 0 Å². The summed E-state index contributed by atoms with van der Waals surface area (Å²) < 4.78 is 4.66. The molecule has 3 aromatic carbocycles. The maximum absolute atomic E-state index is 12.3. The van der Waals surface area contributed by atoms with Crippen molar-refractivity contribution in [1.29, 1.82) is 0 Å². The minimum Gasteiger partial charge on any atom is -0.465 e. The van der Waals surface area contributed by atoms with Crippen LogP contribution in [0.4, 0.5) is 5.69 Å². The van der Waals surface area contributed by atoms with Crippen molar-refractivity contribution >= 4 is 17.4 Å². The van der Waals surface area contributed by atoms with Crippen molar-refractivity contribution in [3.05, 3.63) is 102 Å². The highest BCUT2D eigenvalue weighted by Crippen LogP contribution is 2.19. The molecule has 0 amide bonds. The number of esters is 1. The lowest BCUT2D eigenvalue weighted by Gasteiger charge is -2.03. The van der Waals surface area contributed by atoms with Gasteiger partial charge < -0.3 is 10.1 Å². The van der Waals surface area contributed by atoms with Crippen molar-refractivity contribution in [1.82, 2.24) is 0 Å². The lowest BCUT2D eigenvalue weighted by atomic mass is 10.0. The third-order valence-corrected chi connectivity index (χ3v) is 4.07. The number of benzene rings is 3. The standard InChI is InChI=1S/C23H19NO3/c1-27-23(26)20-11-13-21(14-12-20)24-16-15-22(25)19-9-7-18(8-10-19)17-5-3-2-4-6-17/h2-16,24H,1H3/b16-15+. The molecule has 0 aliphatic rings. The van der Waals surface area contributed by atoms with Crippen molar-refractivity contribution in [2.24, 2.45) is 0 Å². The Labute approximate surface area is 158 Å². The number of carbonyl (C=O) groups is 2. The Balaban J connectivity index is 1.60. The first-order valence-corrected chi connectivity index (χ1v) is 8.48. The lowest BCUT2D eigenvalue weighted by molar-refractivity contribution is 0.0600. The molecule has 0 spiro atoms. The number of anilines is 1. The summed E-state index contributed by atoms with van der Waals surface area (Å²) in [6.07, 6.45) is 3.06. The molecular formula is C23H19NO3. The molecule has 0 aliphatic carbocycles. The number of rotatable bonds is 6. The quantitative estimate of drug-likeness (QED) is 0.385. The van der Waals surface area contributed by atoms with Gasteiger partial charge in [0.25, 0.3) is 0 Å². The highest BCUT2D eigenvalue weighted by atomic mass is 16.5. The van der Waals surface area contributed by atoms with Crippen molar-refractivity contribution in [2.75, 3.05) is 12.4 Å². The van der Waals surface area contributed by atoms with Crippen LogP contribution in [-0.4, -0.2) is 18.9 Å². The van der Waals surface area contributed by atoms with Crippen LogP contribution in [-0.2, 0) is 4.74 Å². The van der Waals surface area contributed by atoms with E-state index in [1.165, 1.54) is 13.2 Å². The molecule has 0 atom stereocenters. The molecule has 0 bridgehead atoms. The fourth-order valence-corrected chi connectivity index (χ4v) is 2.59. The number of methoxy groups -OCH3 is 1. The van der Waals surface area contributed by atoms with Crippen molar-refractivity contribution < 1.29 is 14.3 Å². The molecule has 4 nitrogen and oxygen atoms in total. The van der Waals surface area contributed by atoms with Gasteiger partial charge in [-0.05, 0) is 35.4 Å². The van der Waals surface area contributed by atoms with Gasteiger partial charge in [-0.3, -0.25) is 4.79 Å².